The van der Waals surface area contributed by atoms with Gasteiger partial charge >= 0.3 is 0 Å². The van der Waals surface area contributed by atoms with Gasteiger partial charge in [-0.1, -0.05) is 47.5 Å². The highest BCUT2D eigenvalue weighted by atomic mass is 16.5. The molecule has 0 aromatic carbocycles. The number of hydrogen-bond donors (Lipinski definition) is 0. The lowest BCUT2D eigenvalue weighted by Crippen LogP contribution is -2.57. The first-order chi connectivity index (χ1) is 16.1. The van der Waals surface area contributed by atoms with Crippen LogP contribution in [0.15, 0.2) is 0 Å². The van der Waals surface area contributed by atoms with Crippen molar-refractivity contribution in [3.63, 3.8) is 0 Å². The van der Waals surface area contributed by atoms with Gasteiger partial charge in [0.2, 0.25) is 0 Å². The second-order valence-electron chi connectivity index (χ2n) is 10.0. The number of carboxylic acid groups (broad SMARTS) is 2. The molecule has 2 saturated heterocycles. The molecule has 2 fully saturated rings. The first kappa shape index (κ1) is 28.6. The maximum Gasteiger partial charge on any atom is 0.137 e. The lowest BCUT2D eigenvalue weighted by molar-refractivity contribution is -0.273. The van der Waals surface area contributed by atoms with E-state index in [0.717, 1.165) is 25.9 Å². The molecule has 198 valence electrons. The fourth-order valence-electron chi connectivity index (χ4n) is 4.96. The third-order valence-electron chi connectivity index (χ3n) is 6.74. The molecular weight excluding hydrogens is 440 g/mol. The van der Waals surface area contributed by atoms with E-state index >= 15 is 0 Å². The zero-order valence-electron chi connectivity index (χ0n) is 21.6. The van der Waals surface area contributed by atoms with Gasteiger partial charge in [-0.25, -0.2) is 0 Å². The largest absolute Gasteiger partial charge is 0.530 e. The van der Waals surface area contributed by atoms with Gasteiger partial charge in [-0.2, -0.15) is 0 Å². The van der Waals surface area contributed by atoms with Crippen LogP contribution >= 0.6 is 0 Å². The number of hydrogen-bond acceptors (Lipinski definition) is 8. The van der Waals surface area contributed by atoms with Crippen LogP contribution in [0.4, 0.5) is 9.59 Å². The molecule has 2 heterocycles. The van der Waals surface area contributed by atoms with Crippen LogP contribution in [-0.2, 0) is 9.47 Å². The number of carbonyl (C=O) groups excluding carboxylic acids is 2. The number of carbonyl (C=O) groups is 2. The standard InChI is InChI=1S/C24H46N4O6/c1-6-7-8-20(28(24(31)32)12-11-26-14-16-34-22(26)19(4)5)17-27(23(29)30)10-9-25-13-15-33-21(25)18(2)3/h18-22H,6-17H2,1-5H3,(H,29,30)(H,31,32)/p-2. The van der Waals surface area contributed by atoms with Crippen molar-refractivity contribution in [2.24, 2.45) is 11.8 Å². The van der Waals surface area contributed by atoms with Gasteiger partial charge in [0.1, 0.15) is 24.6 Å². The maximum absolute atomic E-state index is 12.1. The van der Waals surface area contributed by atoms with E-state index in [2.05, 4.69) is 37.5 Å². The van der Waals surface area contributed by atoms with Crippen LogP contribution in [0, 0.1) is 11.8 Å². The summed E-state index contributed by atoms with van der Waals surface area (Å²) in [5, 5.41) is 24.1. The predicted octanol–water partition coefficient (Wildman–Crippen LogP) is 0.464. The first-order valence-corrected chi connectivity index (χ1v) is 12.8. The van der Waals surface area contributed by atoms with Crippen molar-refractivity contribution in [1.29, 1.82) is 0 Å². The maximum atomic E-state index is 12.1. The van der Waals surface area contributed by atoms with E-state index in [1.165, 1.54) is 9.80 Å². The van der Waals surface area contributed by atoms with Crippen molar-refractivity contribution in [2.75, 3.05) is 59.0 Å². The van der Waals surface area contributed by atoms with E-state index < -0.39 is 18.2 Å². The summed E-state index contributed by atoms with van der Waals surface area (Å²) >= 11 is 0. The van der Waals surface area contributed by atoms with Crippen LogP contribution < -0.4 is 10.2 Å². The fraction of sp³-hybridized carbons (Fsp3) is 0.917. The molecule has 0 aromatic heterocycles. The van der Waals surface area contributed by atoms with Crippen LogP contribution in [0.3, 0.4) is 0 Å². The van der Waals surface area contributed by atoms with Gasteiger partial charge in [0, 0.05) is 51.9 Å². The molecule has 2 aliphatic rings. The molecule has 34 heavy (non-hydrogen) atoms. The Morgan fingerprint density at radius 2 is 1.44 bits per heavy atom. The van der Waals surface area contributed by atoms with E-state index in [1.807, 2.05) is 6.92 Å². The lowest BCUT2D eigenvalue weighted by Gasteiger charge is -2.40. The molecule has 3 atom stereocenters. The Balaban J connectivity index is 2.05. The Labute approximate surface area is 204 Å². The van der Waals surface area contributed by atoms with E-state index in [0.29, 0.717) is 44.6 Å². The molecule has 0 aromatic rings. The topological polar surface area (TPSA) is 112 Å². The Morgan fingerprint density at radius 1 is 0.912 bits per heavy atom. The Hall–Kier alpha value is -1.62. The molecule has 10 heteroatoms. The molecule has 0 saturated carbocycles. The molecule has 0 N–H and O–H groups in total. The lowest BCUT2D eigenvalue weighted by atomic mass is 10.1. The molecule has 0 radical (unpaired) electrons. The molecule has 0 bridgehead atoms. The molecular formula is C24H44N4O6-2. The summed E-state index contributed by atoms with van der Waals surface area (Å²) in [6.45, 7) is 14.7. The van der Waals surface area contributed by atoms with Gasteiger partial charge in [-0.3, -0.25) is 9.80 Å². The van der Waals surface area contributed by atoms with Crippen LogP contribution in [0.5, 0.6) is 0 Å². The number of amides is 2. The number of rotatable bonds is 14. The summed E-state index contributed by atoms with van der Waals surface area (Å²) in [4.78, 5) is 30.9. The van der Waals surface area contributed by atoms with Gasteiger partial charge in [0.15, 0.2) is 0 Å². The highest BCUT2D eigenvalue weighted by Gasteiger charge is 2.31. The quantitative estimate of drug-likeness (QED) is 0.350. The van der Waals surface area contributed by atoms with Crippen molar-refractivity contribution in [1.82, 2.24) is 19.6 Å². The summed E-state index contributed by atoms with van der Waals surface area (Å²) < 4.78 is 11.5. The summed E-state index contributed by atoms with van der Waals surface area (Å²) in [6, 6.07) is -0.486. The van der Waals surface area contributed by atoms with Crippen LogP contribution in [-0.4, -0.2) is 109 Å². The SMILES string of the molecule is CCCCC(CN(CCN1CCOC1C(C)C)C(=O)[O-])N(CCN1CCOC1C(C)C)C(=O)[O-]. The van der Waals surface area contributed by atoms with Crippen LogP contribution in [0.25, 0.3) is 0 Å². The molecule has 0 aliphatic carbocycles. The van der Waals surface area contributed by atoms with Crippen LogP contribution in [0.1, 0.15) is 53.9 Å². The predicted molar refractivity (Wildman–Crippen MR) is 125 cm³/mol. The summed E-state index contributed by atoms with van der Waals surface area (Å²) in [5.41, 5.74) is 0. The van der Waals surface area contributed by atoms with Gasteiger partial charge in [-0.15, -0.1) is 0 Å². The minimum Gasteiger partial charge on any atom is -0.530 e. The van der Waals surface area contributed by atoms with Crippen LogP contribution in [0.2, 0.25) is 0 Å². The molecule has 2 amide bonds. The van der Waals surface area contributed by atoms with Gasteiger partial charge in [-0.05, 0) is 18.3 Å². The average molecular weight is 485 g/mol. The fourth-order valence-corrected chi connectivity index (χ4v) is 4.96. The second-order valence-corrected chi connectivity index (χ2v) is 10.0. The minimum atomic E-state index is -1.28. The molecule has 0 spiro atoms. The number of ether oxygens (including phenoxy) is 2. The summed E-state index contributed by atoms with van der Waals surface area (Å²) in [7, 11) is 0. The summed E-state index contributed by atoms with van der Waals surface area (Å²) in [5.74, 6) is 0.599. The Bertz CT molecular complexity index is 635. The van der Waals surface area contributed by atoms with E-state index in [-0.39, 0.29) is 32.1 Å². The van der Waals surface area contributed by atoms with Crippen molar-refractivity contribution < 1.29 is 29.3 Å². The second kappa shape index (κ2) is 14.1. The average Bonchev–Trinajstić information content (AvgIpc) is 3.43. The van der Waals surface area contributed by atoms with Crippen molar-refractivity contribution in [3.05, 3.63) is 0 Å². The highest BCUT2D eigenvalue weighted by molar-refractivity contribution is 5.64. The zero-order valence-corrected chi connectivity index (χ0v) is 21.6. The monoisotopic (exact) mass is 484 g/mol. The minimum absolute atomic E-state index is 0.0317. The van der Waals surface area contributed by atoms with E-state index in [1.54, 1.807) is 0 Å². The Morgan fingerprint density at radius 3 is 1.88 bits per heavy atom. The molecule has 2 aliphatic heterocycles. The van der Waals surface area contributed by atoms with E-state index in [4.69, 9.17) is 9.47 Å². The number of unbranched alkanes of at least 4 members (excludes halogenated alkanes) is 1. The third-order valence-corrected chi connectivity index (χ3v) is 6.74. The van der Waals surface area contributed by atoms with Crippen molar-refractivity contribution in [2.45, 2.75) is 72.4 Å². The van der Waals surface area contributed by atoms with Gasteiger partial charge in [0.25, 0.3) is 0 Å². The normalized spacial score (nSPS) is 22.6. The number of nitrogens with zero attached hydrogens (tertiary/aromatic N) is 4. The van der Waals surface area contributed by atoms with Gasteiger partial charge < -0.3 is 39.1 Å². The zero-order chi connectivity index (χ0) is 25.3. The summed E-state index contributed by atoms with van der Waals surface area (Å²) in [6.07, 6.45) is -0.363. The third kappa shape index (κ3) is 8.25. The van der Waals surface area contributed by atoms with Crippen molar-refractivity contribution in [3.8, 4) is 0 Å². The van der Waals surface area contributed by atoms with Crippen molar-refractivity contribution >= 4 is 12.2 Å². The molecule has 3 unspecified atom stereocenters. The molecule has 10 nitrogen and oxygen atoms in total. The smallest absolute Gasteiger partial charge is 0.137 e. The van der Waals surface area contributed by atoms with E-state index in [9.17, 15) is 19.8 Å². The first-order valence-electron chi connectivity index (χ1n) is 12.8. The van der Waals surface area contributed by atoms with Gasteiger partial charge in [0.05, 0.1) is 13.2 Å². The molecule has 2 rings (SSSR count). The highest BCUT2D eigenvalue weighted by Crippen LogP contribution is 2.20. The Kier molecular flexibility index (Phi) is 11.8.